The van der Waals surface area contributed by atoms with E-state index >= 15 is 0 Å². The fraction of sp³-hybridized carbons (Fsp3) is 0.400. The molecule has 0 bridgehead atoms. The van der Waals surface area contributed by atoms with Crippen molar-refractivity contribution in [3.8, 4) is 0 Å². The fourth-order valence-electron chi connectivity index (χ4n) is 2.74. The normalized spacial score (nSPS) is 18.1. The molecule has 1 fully saturated rings. The van der Waals surface area contributed by atoms with Gasteiger partial charge < -0.3 is 4.74 Å². The predicted molar refractivity (Wildman–Crippen MR) is 67.5 cm³/mol. The van der Waals surface area contributed by atoms with Crippen molar-refractivity contribution < 1.29 is 13.9 Å². The summed E-state index contributed by atoms with van der Waals surface area (Å²) in [4.78, 5) is 12.2. The SMILES string of the molecule is C=COC(=O)C1(c2cccc(F)c2)CCCCC1. The summed E-state index contributed by atoms with van der Waals surface area (Å²) in [5.74, 6) is -0.633. The van der Waals surface area contributed by atoms with Gasteiger partial charge in [-0.05, 0) is 30.5 Å². The summed E-state index contributed by atoms with van der Waals surface area (Å²) in [7, 11) is 0. The zero-order chi connectivity index (χ0) is 13.0. The molecular weight excluding hydrogens is 231 g/mol. The Balaban J connectivity index is 2.41. The molecule has 1 aromatic carbocycles. The number of halogens is 1. The molecule has 1 aliphatic carbocycles. The minimum absolute atomic E-state index is 0.316. The number of esters is 1. The van der Waals surface area contributed by atoms with E-state index in [0.717, 1.165) is 25.5 Å². The summed E-state index contributed by atoms with van der Waals surface area (Å²) in [6.07, 6.45) is 5.61. The second kappa shape index (κ2) is 5.34. The van der Waals surface area contributed by atoms with Crippen LogP contribution in [0.1, 0.15) is 37.7 Å². The monoisotopic (exact) mass is 248 g/mol. The van der Waals surface area contributed by atoms with Gasteiger partial charge in [0.15, 0.2) is 0 Å². The Labute approximate surface area is 106 Å². The van der Waals surface area contributed by atoms with E-state index < -0.39 is 5.41 Å². The van der Waals surface area contributed by atoms with Gasteiger partial charge in [-0.15, -0.1) is 0 Å². The molecule has 18 heavy (non-hydrogen) atoms. The van der Waals surface area contributed by atoms with E-state index in [1.165, 1.54) is 12.1 Å². The molecule has 0 unspecified atom stereocenters. The fourth-order valence-corrected chi connectivity index (χ4v) is 2.74. The van der Waals surface area contributed by atoms with Crippen LogP contribution in [-0.4, -0.2) is 5.97 Å². The van der Waals surface area contributed by atoms with Gasteiger partial charge in [0.25, 0.3) is 0 Å². The molecule has 0 saturated heterocycles. The summed E-state index contributed by atoms with van der Waals surface area (Å²) in [6, 6.07) is 6.27. The van der Waals surface area contributed by atoms with Gasteiger partial charge in [0.05, 0.1) is 11.7 Å². The van der Waals surface area contributed by atoms with Crippen LogP contribution in [0.3, 0.4) is 0 Å². The quantitative estimate of drug-likeness (QED) is 0.602. The maximum absolute atomic E-state index is 13.4. The van der Waals surface area contributed by atoms with Crippen molar-refractivity contribution in [2.75, 3.05) is 0 Å². The van der Waals surface area contributed by atoms with Gasteiger partial charge in [-0.2, -0.15) is 0 Å². The molecule has 0 atom stereocenters. The Bertz CT molecular complexity index is 448. The Morgan fingerprint density at radius 3 is 2.67 bits per heavy atom. The number of carbonyl (C=O) groups is 1. The van der Waals surface area contributed by atoms with Crippen LogP contribution in [-0.2, 0) is 14.9 Å². The molecule has 1 saturated carbocycles. The van der Waals surface area contributed by atoms with E-state index in [-0.39, 0.29) is 11.8 Å². The summed E-state index contributed by atoms with van der Waals surface area (Å²) >= 11 is 0. The van der Waals surface area contributed by atoms with Crippen LogP contribution in [0.25, 0.3) is 0 Å². The first-order valence-corrected chi connectivity index (χ1v) is 6.27. The molecule has 0 aromatic heterocycles. The van der Waals surface area contributed by atoms with Crippen LogP contribution >= 0.6 is 0 Å². The lowest BCUT2D eigenvalue weighted by molar-refractivity contribution is -0.146. The van der Waals surface area contributed by atoms with Gasteiger partial charge in [0.2, 0.25) is 0 Å². The number of ether oxygens (including phenoxy) is 1. The van der Waals surface area contributed by atoms with E-state index in [2.05, 4.69) is 6.58 Å². The lowest BCUT2D eigenvalue weighted by Gasteiger charge is -2.34. The number of carbonyl (C=O) groups excluding carboxylic acids is 1. The van der Waals surface area contributed by atoms with Crippen molar-refractivity contribution in [2.24, 2.45) is 0 Å². The average Bonchev–Trinajstić information content (AvgIpc) is 2.40. The highest BCUT2D eigenvalue weighted by Gasteiger charge is 2.42. The predicted octanol–water partition coefficient (Wildman–Crippen LogP) is 3.71. The van der Waals surface area contributed by atoms with Crippen molar-refractivity contribution in [1.82, 2.24) is 0 Å². The Kier molecular flexibility index (Phi) is 3.80. The lowest BCUT2D eigenvalue weighted by Crippen LogP contribution is -2.38. The van der Waals surface area contributed by atoms with Crippen LogP contribution in [0.15, 0.2) is 37.1 Å². The summed E-state index contributed by atoms with van der Waals surface area (Å²) in [5, 5.41) is 0. The molecule has 1 aliphatic rings. The van der Waals surface area contributed by atoms with E-state index in [9.17, 15) is 9.18 Å². The van der Waals surface area contributed by atoms with Crippen LogP contribution in [0.4, 0.5) is 4.39 Å². The summed E-state index contributed by atoms with van der Waals surface area (Å²) < 4.78 is 18.4. The van der Waals surface area contributed by atoms with Gasteiger partial charge in [-0.1, -0.05) is 38.0 Å². The third kappa shape index (κ3) is 2.30. The van der Waals surface area contributed by atoms with E-state index in [1.54, 1.807) is 12.1 Å². The van der Waals surface area contributed by atoms with Crippen molar-refractivity contribution >= 4 is 5.97 Å². The maximum Gasteiger partial charge on any atom is 0.321 e. The minimum Gasteiger partial charge on any atom is -0.434 e. The first kappa shape index (κ1) is 12.8. The molecule has 0 aliphatic heterocycles. The van der Waals surface area contributed by atoms with Gasteiger partial charge in [0.1, 0.15) is 5.82 Å². The average molecular weight is 248 g/mol. The molecule has 0 amide bonds. The third-order valence-corrected chi connectivity index (χ3v) is 3.67. The zero-order valence-corrected chi connectivity index (χ0v) is 10.3. The molecular formula is C15H17FO2. The maximum atomic E-state index is 13.4. The lowest BCUT2D eigenvalue weighted by atomic mass is 9.69. The van der Waals surface area contributed by atoms with E-state index in [4.69, 9.17) is 4.74 Å². The highest BCUT2D eigenvalue weighted by atomic mass is 19.1. The number of hydrogen-bond acceptors (Lipinski definition) is 2. The molecule has 0 N–H and O–H groups in total. The van der Waals surface area contributed by atoms with Crippen molar-refractivity contribution in [3.05, 3.63) is 48.5 Å². The molecule has 96 valence electrons. The van der Waals surface area contributed by atoms with Gasteiger partial charge >= 0.3 is 5.97 Å². The third-order valence-electron chi connectivity index (χ3n) is 3.67. The smallest absolute Gasteiger partial charge is 0.321 e. The molecule has 2 nitrogen and oxygen atoms in total. The largest absolute Gasteiger partial charge is 0.434 e. The number of benzene rings is 1. The highest BCUT2D eigenvalue weighted by Crippen LogP contribution is 2.40. The van der Waals surface area contributed by atoms with Crippen LogP contribution in [0.5, 0.6) is 0 Å². The Morgan fingerprint density at radius 1 is 1.33 bits per heavy atom. The van der Waals surface area contributed by atoms with Crippen molar-refractivity contribution in [1.29, 1.82) is 0 Å². The zero-order valence-electron chi connectivity index (χ0n) is 10.3. The Hall–Kier alpha value is -1.64. The van der Waals surface area contributed by atoms with Crippen LogP contribution in [0.2, 0.25) is 0 Å². The van der Waals surface area contributed by atoms with Crippen molar-refractivity contribution in [2.45, 2.75) is 37.5 Å². The van der Waals surface area contributed by atoms with Crippen LogP contribution in [0, 0.1) is 5.82 Å². The molecule has 2 rings (SSSR count). The highest BCUT2D eigenvalue weighted by molar-refractivity contribution is 5.83. The Morgan fingerprint density at radius 2 is 2.06 bits per heavy atom. The molecule has 3 heteroatoms. The minimum atomic E-state index is -0.700. The van der Waals surface area contributed by atoms with Gasteiger partial charge in [-0.3, -0.25) is 4.79 Å². The van der Waals surface area contributed by atoms with E-state index in [1.807, 2.05) is 0 Å². The summed E-state index contributed by atoms with van der Waals surface area (Å²) in [6.45, 7) is 3.42. The molecule has 0 heterocycles. The van der Waals surface area contributed by atoms with Crippen LogP contribution < -0.4 is 0 Å². The first-order chi connectivity index (χ1) is 8.69. The number of rotatable bonds is 3. The first-order valence-electron chi connectivity index (χ1n) is 6.27. The molecule has 0 radical (unpaired) electrons. The topological polar surface area (TPSA) is 26.3 Å². The van der Waals surface area contributed by atoms with Gasteiger partial charge in [-0.25, -0.2) is 4.39 Å². The van der Waals surface area contributed by atoms with Gasteiger partial charge in [0, 0.05) is 0 Å². The summed E-state index contributed by atoms with van der Waals surface area (Å²) in [5.41, 5.74) is 0.0169. The molecule has 0 spiro atoms. The second-order valence-corrected chi connectivity index (χ2v) is 4.73. The standard InChI is InChI=1S/C15H17FO2/c1-2-18-14(17)15(9-4-3-5-10-15)12-7-6-8-13(16)11-12/h2,6-8,11H,1,3-5,9-10H2. The number of hydrogen-bond donors (Lipinski definition) is 0. The van der Waals surface area contributed by atoms with Crippen molar-refractivity contribution in [3.63, 3.8) is 0 Å². The van der Waals surface area contributed by atoms with E-state index in [0.29, 0.717) is 18.4 Å². The second-order valence-electron chi connectivity index (χ2n) is 4.73. The molecule has 1 aromatic rings.